The van der Waals surface area contributed by atoms with Crippen molar-refractivity contribution in [2.24, 2.45) is 0 Å². The van der Waals surface area contributed by atoms with Gasteiger partial charge in [0.2, 0.25) is 0 Å². The Balaban J connectivity index is 1.73. The van der Waals surface area contributed by atoms with Crippen LogP contribution >= 0.6 is 11.6 Å². The molecule has 1 aliphatic rings. The fourth-order valence-corrected chi connectivity index (χ4v) is 4.26. The van der Waals surface area contributed by atoms with Crippen LogP contribution < -0.4 is 5.32 Å². The quantitative estimate of drug-likeness (QED) is 0.540. The topological polar surface area (TPSA) is 46.9 Å². The van der Waals surface area contributed by atoms with E-state index in [9.17, 15) is 4.79 Å². The molecule has 1 aliphatic heterocycles. The predicted octanol–water partition coefficient (Wildman–Crippen LogP) is 5.99. The van der Waals surface area contributed by atoms with E-state index < -0.39 is 5.41 Å². The van der Waals surface area contributed by atoms with Crippen LogP contribution in [0.25, 0.3) is 0 Å². The van der Waals surface area contributed by atoms with Crippen molar-refractivity contribution in [3.63, 3.8) is 0 Å². The first kappa shape index (κ1) is 19.7. The summed E-state index contributed by atoms with van der Waals surface area (Å²) >= 11 is 6.03. The van der Waals surface area contributed by atoms with E-state index in [1.54, 1.807) is 6.20 Å². The lowest BCUT2D eigenvalue weighted by Gasteiger charge is -2.38. The number of rotatable bonds is 4. The Bertz CT molecular complexity index is 1040. The molecular weight excluding hydrogens is 382 g/mol. The van der Waals surface area contributed by atoms with E-state index >= 15 is 0 Å². The van der Waals surface area contributed by atoms with Crippen LogP contribution in [0, 0.1) is 0 Å². The Morgan fingerprint density at radius 3 is 2.45 bits per heavy atom. The number of benzene rings is 2. The smallest absolute Gasteiger partial charge is 0.178 e. The molecule has 2 aromatic carbocycles. The largest absolute Gasteiger partial charge is 0.363 e. The normalized spacial score (nSPS) is 18.0. The summed E-state index contributed by atoms with van der Waals surface area (Å²) in [6.45, 7) is 8.23. The number of carbonyl (C=O) groups excluding carboxylic acids is 1. The molecule has 0 aliphatic carbocycles. The summed E-state index contributed by atoms with van der Waals surface area (Å²) in [6.07, 6.45) is 2.59. The fourth-order valence-electron chi connectivity index (χ4n) is 4.14. The molecule has 4 rings (SSSR count). The third kappa shape index (κ3) is 3.46. The number of Topliss-reactive ketones (excluding diaryl/α,β-unsaturated/α-hetero) is 1. The van der Waals surface area contributed by atoms with Crippen molar-refractivity contribution >= 4 is 23.2 Å². The SMILES string of the molecule is CC(C)(C(=O)c1cnn2c1NC(c1ccccc1)CC2(C)C)c1ccc(Cl)cc1. The van der Waals surface area contributed by atoms with Crippen molar-refractivity contribution in [2.45, 2.75) is 51.1 Å². The molecule has 5 heteroatoms. The lowest BCUT2D eigenvalue weighted by Crippen LogP contribution is -2.38. The number of hydrogen-bond donors (Lipinski definition) is 1. The molecule has 1 aromatic heterocycles. The van der Waals surface area contributed by atoms with Gasteiger partial charge in [0.15, 0.2) is 5.78 Å². The molecule has 0 fully saturated rings. The van der Waals surface area contributed by atoms with Crippen molar-refractivity contribution in [2.75, 3.05) is 5.32 Å². The molecule has 0 saturated carbocycles. The summed E-state index contributed by atoms with van der Waals surface area (Å²) in [7, 11) is 0. The van der Waals surface area contributed by atoms with Gasteiger partial charge in [-0.1, -0.05) is 54.1 Å². The van der Waals surface area contributed by atoms with Crippen LogP contribution in [0.3, 0.4) is 0 Å². The van der Waals surface area contributed by atoms with Gasteiger partial charge in [0, 0.05) is 5.02 Å². The van der Waals surface area contributed by atoms with E-state index in [1.807, 2.05) is 61.0 Å². The highest BCUT2D eigenvalue weighted by molar-refractivity contribution is 6.30. The van der Waals surface area contributed by atoms with Gasteiger partial charge in [0.05, 0.1) is 28.8 Å². The maximum Gasteiger partial charge on any atom is 0.178 e. The highest BCUT2D eigenvalue weighted by atomic mass is 35.5. The fraction of sp³-hybridized carbons (Fsp3) is 0.333. The number of halogens is 1. The average molecular weight is 408 g/mol. The molecule has 29 heavy (non-hydrogen) atoms. The van der Waals surface area contributed by atoms with Crippen LogP contribution in [0.2, 0.25) is 5.02 Å². The summed E-state index contributed by atoms with van der Waals surface area (Å²) in [5.74, 6) is 0.834. The molecule has 150 valence electrons. The summed E-state index contributed by atoms with van der Waals surface area (Å²) in [5, 5.41) is 8.84. The second kappa shape index (κ2) is 7.03. The summed E-state index contributed by atoms with van der Waals surface area (Å²) < 4.78 is 1.96. The molecule has 1 unspecified atom stereocenters. The summed E-state index contributed by atoms with van der Waals surface area (Å²) in [6, 6.07) is 18.0. The van der Waals surface area contributed by atoms with Gasteiger partial charge < -0.3 is 5.32 Å². The average Bonchev–Trinajstić information content (AvgIpc) is 3.13. The van der Waals surface area contributed by atoms with E-state index in [4.69, 9.17) is 11.6 Å². The zero-order valence-electron chi connectivity index (χ0n) is 17.2. The maximum atomic E-state index is 13.6. The van der Waals surface area contributed by atoms with Gasteiger partial charge in [-0.2, -0.15) is 5.10 Å². The standard InChI is InChI=1S/C24H26ClN3O/c1-23(2)14-20(16-8-6-5-7-9-16)27-22-19(15-26-28(22)23)21(29)24(3,4)17-10-12-18(25)13-11-17/h5-13,15,20,27H,14H2,1-4H3. The van der Waals surface area contributed by atoms with Gasteiger partial charge in [-0.05, 0) is 57.4 Å². The Kier molecular flexibility index (Phi) is 4.78. The third-order valence-electron chi connectivity index (χ3n) is 5.94. The lowest BCUT2D eigenvalue weighted by molar-refractivity contribution is 0.0909. The van der Waals surface area contributed by atoms with Crippen molar-refractivity contribution < 1.29 is 4.79 Å². The first-order chi connectivity index (χ1) is 13.7. The molecule has 2 heterocycles. The maximum absolute atomic E-state index is 13.6. The number of fused-ring (bicyclic) bond motifs is 1. The minimum Gasteiger partial charge on any atom is -0.363 e. The second-order valence-corrected chi connectivity index (χ2v) is 9.34. The van der Waals surface area contributed by atoms with Gasteiger partial charge in [-0.25, -0.2) is 4.68 Å². The zero-order chi connectivity index (χ0) is 20.8. The number of aromatic nitrogens is 2. The molecule has 0 amide bonds. The molecule has 0 spiro atoms. The van der Waals surface area contributed by atoms with Crippen LogP contribution in [0.5, 0.6) is 0 Å². The predicted molar refractivity (Wildman–Crippen MR) is 118 cm³/mol. The highest BCUT2D eigenvalue weighted by Crippen LogP contribution is 2.41. The van der Waals surface area contributed by atoms with Crippen LogP contribution in [0.15, 0.2) is 60.8 Å². The van der Waals surface area contributed by atoms with Gasteiger partial charge in [-0.15, -0.1) is 0 Å². The summed E-state index contributed by atoms with van der Waals surface area (Å²) in [4.78, 5) is 13.6. The van der Waals surface area contributed by atoms with E-state index in [-0.39, 0.29) is 17.4 Å². The third-order valence-corrected chi connectivity index (χ3v) is 6.19. The minimum absolute atomic E-state index is 0.0399. The number of hydrogen-bond acceptors (Lipinski definition) is 3. The monoisotopic (exact) mass is 407 g/mol. The van der Waals surface area contributed by atoms with Crippen LogP contribution in [-0.2, 0) is 11.0 Å². The molecule has 4 nitrogen and oxygen atoms in total. The number of nitrogens with one attached hydrogen (secondary N) is 1. The second-order valence-electron chi connectivity index (χ2n) is 8.90. The van der Waals surface area contributed by atoms with E-state index in [1.165, 1.54) is 5.56 Å². The van der Waals surface area contributed by atoms with Gasteiger partial charge >= 0.3 is 0 Å². The first-order valence-corrected chi connectivity index (χ1v) is 10.3. The lowest BCUT2D eigenvalue weighted by atomic mass is 9.78. The first-order valence-electron chi connectivity index (χ1n) is 9.91. The van der Waals surface area contributed by atoms with Gasteiger partial charge in [0.1, 0.15) is 5.82 Å². The number of carbonyl (C=O) groups is 1. The van der Waals surface area contributed by atoms with Crippen LogP contribution in [0.4, 0.5) is 5.82 Å². The van der Waals surface area contributed by atoms with Crippen LogP contribution in [0.1, 0.15) is 61.6 Å². The Hall–Kier alpha value is -2.59. The highest BCUT2D eigenvalue weighted by Gasteiger charge is 2.40. The molecule has 3 aromatic rings. The van der Waals surface area contributed by atoms with Crippen molar-refractivity contribution in [3.05, 3.63) is 82.5 Å². The van der Waals surface area contributed by atoms with Crippen LogP contribution in [-0.4, -0.2) is 15.6 Å². The Morgan fingerprint density at radius 2 is 1.79 bits per heavy atom. The Labute approximate surface area is 176 Å². The number of ketones is 1. The summed E-state index contributed by atoms with van der Waals surface area (Å²) in [5.41, 5.74) is 1.87. The number of anilines is 1. The molecule has 1 atom stereocenters. The van der Waals surface area contributed by atoms with Crippen molar-refractivity contribution in [1.29, 1.82) is 0 Å². The molecular formula is C24H26ClN3O. The number of nitrogens with zero attached hydrogens (tertiary/aromatic N) is 2. The van der Waals surface area contributed by atoms with Crippen molar-refractivity contribution in [3.8, 4) is 0 Å². The molecule has 0 bridgehead atoms. The Morgan fingerprint density at radius 1 is 1.14 bits per heavy atom. The van der Waals surface area contributed by atoms with Gasteiger partial charge in [-0.3, -0.25) is 4.79 Å². The zero-order valence-corrected chi connectivity index (χ0v) is 18.0. The van der Waals surface area contributed by atoms with Crippen molar-refractivity contribution in [1.82, 2.24) is 9.78 Å². The van der Waals surface area contributed by atoms with E-state index in [2.05, 4.69) is 36.4 Å². The molecule has 0 radical (unpaired) electrons. The molecule has 1 N–H and O–H groups in total. The van der Waals surface area contributed by atoms with E-state index in [0.717, 1.165) is 17.8 Å². The molecule has 0 saturated heterocycles. The van der Waals surface area contributed by atoms with Gasteiger partial charge in [0.25, 0.3) is 0 Å². The minimum atomic E-state index is -0.694. The van der Waals surface area contributed by atoms with E-state index in [0.29, 0.717) is 10.6 Å².